The maximum Gasteiger partial charge on any atom is 0.340 e. The van der Waals surface area contributed by atoms with E-state index in [-0.39, 0.29) is 23.5 Å². The van der Waals surface area contributed by atoms with Gasteiger partial charge in [-0.3, -0.25) is 4.79 Å². The molecule has 31 heavy (non-hydrogen) atoms. The van der Waals surface area contributed by atoms with Crippen LogP contribution in [0.25, 0.3) is 21.9 Å². The van der Waals surface area contributed by atoms with Crippen molar-refractivity contribution < 1.29 is 27.2 Å². The molecule has 2 atom stereocenters. The van der Waals surface area contributed by atoms with Gasteiger partial charge >= 0.3 is 5.63 Å². The van der Waals surface area contributed by atoms with Crippen molar-refractivity contribution in [2.24, 2.45) is 0 Å². The number of sulfone groups is 1. The molecule has 0 unspecified atom stereocenters. The number of fused-ring (bicyclic) bond motifs is 4. The van der Waals surface area contributed by atoms with Gasteiger partial charge in [-0.05, 0) is 37.8 Å². The summed E-state index contributed by atoms with van der Waals surface area (Å²) in [5.41, 5.74) is 2.55. The van der Waals surface area contributed by atoms with Crippen molar-refractivity contribution in [1.29, 1.82) is 0 Å². The van der Waals surface area contributed by atoms with E-state index in [1.54, 1.807) is 13.0 Å². The molecule has 0 bridgehead atoms. The van der Waals surface area contributed by atoms with E-state index in [1.807, 2.05) is 6.07 Å². The normalized spacial score (nSPS) is 22.6. The molecule has 0 saturated carbocycles. The standard InChI is InChI=1S/C22H23NO7S/c1-11-13-6-15-12-4-2-3-5-18(12)29-20(15)8-19(13)30-22(26)14(11)7-21(25)23-16-9-31(27,28)10-17(16)24/h6,8,16-17,24H,2-5,7,9-10H2,1H3,(H,23,25)/t16-,17+/m1/s1. The lowest BCUT2D eigenvalue weighted by Crippen LogP contribution is -2.43. The predicted octanol–water partition coefficient (Wildman–Crippen LogP) is 1.54. The van der Waals surface area contributed by atoms with Gasteiger partial charge in [-0.2, -0.15) is 0 Å². The number of nitrogens with one attached hydrogen (secondary N) is 1. The van der Waals surface area contributed by atoms with Crippen LogP contribution in [0.5, 0.6) is 0 Å². The number of aryl methyl sites for hydroxylation is 3. The Morgan fingerprint density at radius 1 is 1.13 bits per heavy atom. The van der Waals surface area contributed by atoms with Crippen LogP contribution in [0.1, 0.15) is 35.3 Å². The van der Waals surface area contributed by atoms with E-state index in [0.29, 0.717) is 16.7 Å². The van der Waals surface area contributed by atoms with Gasteiger partial charge < -0.3 is 19.3 Å². The molecular formula is C22H23NO7S. The molecule has 1 aliphatic heterocycles. The Labute approximate surface area is 178 Å². The smallest absolute Gasteiger partial charge is 0.340 e. The minimum Gasteiger partial charge on any atom is -0.461 e. The largest absolute Gasteiger partial charge is 0.461 e. The Hall–Kier alpha value is -2.65. The van der Waals surface area contributed by atoms with E-state index in [0.717, 1.165) is 42.2 Å². The average molecular weight is 445 g/mol. The van der Waals surface area contributed by atoms with Crippen molar-refractivity contribution in [2.45, 2.75) is 51.2 Å². The average Bonchev–Trinajstić information content (AvgIpc) is 3.18. The quantitative estimate of drug-likeness (QED) is 0.586. The second-order valence-electron chi connectivity index (χ2n) is 8.54. The number of carbonyl (C=O) groups is 1. The second-order valence-corrected chi connectivity index (χ2v) is 10.7. The third kappa shape index (κ3) is 3.55. The van der Waals surface area contributed by atoms with Crippen LogP contribution in [-0.2, 0) is 33.9 Å². The molecule has 1 fully saturated rings. The van der Waals surface area contributed by atoms with Crippen LogP contribution < -0.4 is 10.9 Å². The zero-order chi connectivity index (χ0) is 21.9. The van der Waals surface area contributed by atoms with Crippen molar-refractivity contribution in [1.82, 2.24) is 5.32 Å². The molecule has 8 nitrogen and oxygen atoms in total. The lowest BCUT2D eigenvalue weighted by molar-refractivity contribution is -0.121. The monoisotopic (exact) mass is 445 g/mol. The Balaban J connectivity index is 1.49. The van der Waals surface area contributed by atoms with Crippen LogP contribution in [0.15, 0.2) is 25.8 Å². The van der Waals surface area contributed by atoms with Crippen molar-refractivity contribution >= 4 is 37.7 Å². The molecule has 1 saturated heterocycles. The number of benzene rings is 1. The van der Waals surface area contributed by atoms with Gasteiger partial charge in [0.1, 0.15) is 16.9 Å². The minimum atomic E-state index is -3.39. The highest BCUT2D eigenvalue weighted by molar-refractivity contribution is 7.91. The molecule has 1 aliphatic carbocycles. The summed E-state index contributed by atoms with van der Waals surface area (Å²) in [5, 5.41) is 14.2. The third-order valence-electron chi connectivity index (χ3n) is 6.37. The first-order valence-corrected chi connectivity index (χ1v) is 12.2. The Bertz CT molecular complexity index is 1380. The van der Waals surface area contributed by atoms with Crippen LogP contribution in [0.2, 0.25) is 0 Å². The van der Waals surface area contributed by atoms with Crippen molar-refractivity contribution in [3.8, 4) is 0 Å². The maximum absolute atomic E-state index is 12.6. The Morgan fingerprint density at radius 2 is 1.87 bits per heavy atom. The molecule has 3 heterocycles. The van der Waals surface area contributed by atoms with Crippen LogP contribution in [0, 0.1) is 6.92 Å². The highest BCUT2D eigenvalue weighted by Crippen LogP contribution is 2.35. The Kier molecular flexibility index (Phi) is 4.71. The van der Waals surface area contributed by atoms with Crippen molar-refractivity contribution in [3.05, 3.63) is 45.0 Å². The number of carbonyl (C=O) groups excluding carboxylic acids is 1. The summed E-state index contributed by atoms with van der Waals surface area (Å²) in [5.74, 6) is -0.228. The molecule has 2 aliphatic rings. The summed E-state index contributed by atoms with van der Waals surface area (Å²) in [6, 6.07) is 2.83. The Morgan fingerprint density at radius 3 is 2.61 bits per heavy atom. The van der Waals surface area contributed by atoms with Gasteiger partial charge in [-0.25, -0.2) is 13.2 Å². The molecule has 164 valence electrons. The highest BCUT2D eigenvalue weighted by atomic mass is 32.2. The number of aliphatic hydroxyl groups excluding tert-OH is 1. The van der Waals surface area contributed by atoms with E-state index < -0.39 is 33.5 Å². The van der Waals surface area contributed by atoms with Crippen molar-refractivity contribution in [3.63, 3.8) is 0 Å². The first-order chi connectivity index (χ1) is 14.7. The first-order valence-electron chi connectivity index (χ1n) is 10.4. The number of amides is 1. The second kappa shape index (κ2) is 7.20. The van der Waals surface area contributed by atoms with Gasteiger partial charge in [0.05, 0.1) is 35.6 Å². The molecule has 0 spiro atoms. The summed E-state index contributed by atoms with van der Waals surface area (Å²) in [7, 11) is -3.39. The summed E-state index contributed by atoms with van der Waals surface area (Å²) in [4.78, 5) is 25.1. The number of hydrogen-bond acceptors (Lipinski definition) is 7. The number of hydrogen-bond donors (Lipinski definition) is 2. The molecule has 9 heteroatoms. The summed E-state index contributed by atoms with van der Waals surface area (Å²) in [6.07, 6.45) is 2.65. The van der Waals surface area contributed by atoms with Gasteiger partial charge in [0.2, 0.25) is 5.91 Å². The van der Waals surface area contributed by atoms with Crippen LogP contribution in [-0.4, -0.2) is 43.1 Å². The van der Waals surface area contributed by atoms with Crippen molar-refractivity contribution in [2.75, 3.05) is 11.5 Å². The van der Waals surface area contributed by atoms with Gasteiger partial charge in [-0.15, -0.1) is 0 Å². The summed E-state index contributed by atoms with van der Waals surface area (Å²) < 4.78 is 34.8. The minimum absolute atomic E-state index is 0.219. The topological polar surface area (TPSA) is 127 Å². The molecule has 2 aromatic heterocycles. The predicted molar refractivity (Wildman–Crippen MR) is 114 cm³/mol. The van der Waals surface area contributed by atoms with Gasteiger partial charge in [0.25, 0.3) is 0 Å². The number of aliphatic hydroxyl groups is 1. The number of furan rings is 1. The van der Waals surface area contributed by atoms with Gasteiger partial charge in [-0.1, -0.05) is 0 Å². The zero-order valence-electron chi connectivity index (χ0n) is 17.1. The lowest BCUT2D eigenvalue weighted by atomic mass is 9.94. The van der Waals surface area contributed by atoms with Gasteiger partial charge in [0.15, 0.2) is 9.84 Å². The fourth-order valence-electron chi connectivity index (χ4n) is 4.73. The highest BCUT2D eigenvalue weighted by Gasteiger charge is 2.37. The zero-order valence-corrected chi connectivity index (χ0v) is 17.9. The van der Waals surface area contributed by atoms with E-state index in [4.69, 9.17) is 8.83 Å². The van der Waals surface area contributed by atoms with E-state index >= 15 is 0 Å². The molecule has 2 N–H and O–H groups in total. The first kappa shape index (κ1) is 20.3. The SMILES string of the molecule is Cc1c(CC(=O)N[C@@H]2CS(=O)(=O)C[C@@H]2O)c(=O)oc2cc3oc4c(c3cc12)CCCC4. The lowest BCUT2D eigenvalue weighted by Gasteiger charge is -2.15. The van der Waals surface area contributed by atoms with Crippen LogP contribution in [0.3, 0.4) is 0 Å². The van der Waals surface area contributed by atoms with E-state index in [2.05, 4.69) is 5.32 Å². The molecule has 1 amide bonds. The maximum atomic E-state index is 12.6. The van der Waals surface area contributed by atoms with E-state index in [1.165, 1.54) is 5.56 Å². The van der Waals surface area contributed by atoms with Crippen LogP contribution in [0.4, 0.5) is 0 Å². The fourth-order valence-corrected chi connectivity index (χ4v) is 6.48. The molecular weight excluding hydrogens is 422 g/mol. The van der Waals surface area contributed by atoms with E-state index in [9.17, 15) is 23.1 Å². The molecule has 3 aromatic rings. The molecule has 0 radical (unpaired) electrons. The fraction of sp³-hybridized carbons (Fsp3) is 0.455. The van der Waals surface area contributed by atoms with Gasteiger partial charge in [0, 0.05) is 28.8 Å². The molecule has 5 rings (SSSR count). The number of rotatable bonds is 3. The summed E-state index contributed by atoms with van der Waals surface area (Å²) in [6.45, 7) is 1.77. The summed E-state index contributed by atoms with van der Waals surface area (Å²) >= 11 is 0. The third-order valence-corrected chi connectivity index (χ3v) is 8.09. The molecule has 1 aromatic carbocycles. The van der Waals surface area contributed by atoms with Crippen LogP contribution >= 0.6 is 0 Å².